The van der Waals surface area contributed by atoms with Crippen molar-refractivity contribution in [2.45, 2.75) is 45.6 Å². The second-order valence-electron chi connectivity index (χ2n) is 8.54. The van der Waals surface area contributed by atoms with Crippen molar-refractivity contribution >= 4 is 29.1 Å². The summed E-state index contributed by atoms with van der Waals surface area (Å²) in [5.74, 6) is -2.58. The van der Waals surface area contributed by atoms with E-state index in [1.807, 2.05) is 5.38 Å². The van der Waals surface area contributed by atoms with Gasteiger partial charge in [-0.2, -0.15) is 0 Å². The predicted octanol–water partition coefficient (Wildman–Crippen LogP) is 4.62. The third kappa shape index (κ3) is 4.98. The molecule has 0 spiro atoms. The molecule has 0 saturated heterocycles. The second-order valence-corrected chi connectivity index (χ2v) is 9.43. The van der Waals surface area contributed by atoms with Crippen molar-refractivity contribution in [2.24, 2.45) is 16.8 Å². The topological polar surface area (TPSA) is 89.9 Å². The van der Waals surface area contributed by atoms with Crippen LogP contribution < -0.4 is 5.32 Å². The molecule has 0 radical (unpaired) electrons. The maximum Gasteiger partial charge on any atom is 0.338 e. The van der Waals surface area contributed by atoms with Gasteiger partial charge >= 0.3 is 11.9 Å². The summed E-state index contributed by atoms with van der Waals surface area (Å²) in [4.78, 5) is 34.4. The Kier molecular flexibility index (Phi) is 7.59. The van der Waals surface area contributed by atoms with Crippen molar-refractivity contribution in [1.82, 2.24) is 10.3 Å². The number of thiazole rings is 1. The highest BCUT2D eigenvalue weighted by molar-refractivity contribution is 7.11. The van der Waals surface area contributed by atoms with Gasteiger partial charge in [0.15, 0.2) is 22.5 Å². The molecule has 1 aromatic heterocycles. The van der Waals surface area contributed by atoms with Crippen molar-refractivity contribution in [3.05, 3.63) is 62.7 Å². The molecule has 1 saturated carbocycles. The number of amidine groups is 1. The van der Waals surface area contributed by atoms with E-state index < -0.39 is 23.6 Å². The standard InChI is InChI=1S/C25H27F2N3O4S/c1-4-34-25(32)18-20(14-5-7-15(8-6-14)24(31)33-3)29-22(23-28-11-12-35-23)30-21(18)16-9-10-17(26)19(27)13(16)2/h9-12,14-15,21H,4-8H2,1-3H3,(H,29,30). The summed E-state index contributed by atoms with van der Waals surface area (Å²) in [6.07, 6.45) is 4.14. The number of nitrogens with zero attached hydrogens (tertiary/aromatic N) is 2. The van der Waals surface area contributed by atoms with Gasteiger partial charge in [-0.05, 0) is 62.6 Å². The van der Waals surface area contributed by atoms with E-state index in [4.69, 9.17) is 14.5 Å². The van der Waals surface area contributed by atoms with Crippen LogP contribution >= 0.6 is 11.3 Å². The van der Waals surface area contributed by atoms with Crippen LogP contribution in [0, 0.1) is 30.4 Å². The van der Waals surface area contributed by atoms with Crippen molar-refractivity contribution in [1.29, 1.82) is 0 Å². The monoisotopic (exact) mass is 503 g/mol. The molecule has 2 heterocycles. The fourth-order valence-electron chi connectivity index (χ4n) is 4.74. The molecule has 7 nitrogen and oxygen atoms in total. The van der Waals surface area contributed by atoms with Crippen molar-refractivity contribution in [3.63, 3.8) is 0 Å². The lowest BCUT2D eigenvalue weighted by molar-refractivity contribution is -0.146. The average Bonchev–Trinajstić information content (AvgIpc) is 3.41. The van der Waals surface area contributed by atoms with Gasteiger partial charge in [-0.15, -0.1) is 11.3 Å². The number of aliphatic imine (C=N–C) groups is 1. The Morgan fingerprint density at radius 3 is 2.57 bits per heavy atom. The van der Waals surface area contributed by atoms with Gasteiger partial charge in [0.25, 0.3) is 0 Å². The highest BCUT2D eigenvalue weighted by Gasteiger charge is 2.39. The molecule has 2 aliphatic rings. The lowest BCUT2D eigenvalue weighted by atomic mass is 9.77. The summed E-state index contributed by atoms with van der Waals surface area (Å²) in [7, 11) is 1.38. The Labute approximate surface area is 206 Å². The number of esters is 2. The number of hydrogen-bond acceptors (Lipinski definition) is 8. The quantitative estimate of drug-likeness (QED) is 0.579. The van der Waals surface area contributed by atoms with Crippen LogP contribution in [0.1, 0.15) is 54.8 Å². The molecular weight excluding hydrogens is 476 g/mol. The molecule has 1 aromatic carbocycles. The number of allylic oxidation sites excluding steroid dienone is 1. The summed E-state index contributed by atoms with van der Waals surface area (Å²) in [5, 5.41) is 5.73. The fraction of sp³-hybridized carbons (Fsp3) is 0.440. The molecule has 1 unspecified atom stereocenters. The first-order valence-electron chi connectivity index (χ1n) is 11.5. The zero-order chi connectivity index (χ0) is 25.1. The Hall–Kier alpha value is -3.14. The van der Waals surface area contributed by atoms with Crippen LogP contribution in [0.2, 0.25) is 0 Å². The summed E-state index contributed by atoms with van der Waals surface area (Å²) in [6, 6.07) is 1.60. The van der Waals surface area contributed by atoms with Crippen LogP contribution in [-0.4, -0.2) is 36.5 Å². The highest BCUT2D eigenvalue weighted by Crippen LogP contribution is 2.41. The largest absolute Gasteiger partial charge is 0.469 e. The number of nitrogens with one attached hydrogen (secondary N) is 1. The summed E-state index contributed by atoms with van der Waals surface area (Å²) < 4.78 is 38.8. The van der Waals surface area contributed by atoms with E-state index >= 15 is 0 Å². The van der Waals surface area contributed by atoms with Gasteiger partial charge in [-0.3, -0.25) is 9.79 Å². The Morgan fingerprint density at radius 1 is 1.20 bits per heavy atom. The molecule has 186 valence electrons. The number of methoxy groups -OCH3 is 1. The highest BCUT2D eigenvalue weighted by atomic mass is 32.1. The van der Waals surface area contributed by atoms with E-state index in [0.29, 0.717) is 47.8 Å². The molecule has 1 fully saturated rings. The molecule has 4 rings (SSSR count). The first kappa shape index (κ1) is 25.0. The molecular formula is C25H27F2N3O4S. The minimum atomic E-state index is -0.977. The van der Waals surface area contributed by atoms with E-state index in [2.05, 4.69) is 10.3 Å². The van der Waals surface area contributed by atoms with Crippen LogP contribution in [0.5, 0.6) is 0 Å². The molecule has 35 heavy (non-hydrogen) atoms. The molecule has 0 bridgehead atoms. The van der Waals surface area contributed by atoms with Crippen LogP contribution in [0.3, 0.4) is 0 Å². The van der Waals surface area contributed by atoms with Gasteiger partial charge in [-0.1, -0.05) is 6.07 Å². The lowest BCUT2D eigenvalue weighted by Gasteiger charge is -2.34. The molecule has 2 aromatic rings. The predicted molar refractivity (Wildman–Crippen MR) is 127 cm³/mol. The average molecular weight is 504 g/mol. The Bertz CT molecular complexity index is 1170. The first-order valence-corrected chi connectivity index (χ1v) is 12.4. The second kappa shape index (κ2) is 10.6. The van der Waals surface area contributed by atoms with E-state index in [0.717, 1.165) is 6.07 Å². The maximum absolute atomic E-state index is 14.6. The molecule has 1 aliphatic heterocycles. The fourth-order valence-corrected chi connectivity index (χ4v) is 5.33. The molecule has 1 atom stereocenters. The van der Waals surface area contributed by atoms with Crippen molar-refractivity contribution in [3.8, 4) is 0 Å². The van der Waals surface area contributed by atoms with Gasteiger partial charge in [0.05, 0.1) is 25.2 Å². The summed E-state index contributed by atoms with van der Waals surface area (Å²) in [5.41, 5.74) is 1.35. The smallest absolute Gasteiger partial charge is 0.338 e. The number of benzene rings is 1. The van der Waals surface area contributed by atoms with Gasteiger partial charge in [0, 0.05) is 17.3 Å². The number of halogens is 2. The number of carbonyl (C=O) groups excluding carboxylic acids is 2. The van der Waals surface area contributed by atoms with Gasteiger partial charge in [0.2, 0.25) is 0 Å². The van der Waals surface area contributed by atoms with Crippen LogP contribution in [0.4, 0.5) is 8.78 Å². The van der Waals surface area contributed by atoms with Crippen molar-refractivity contribution < 1.29 is 27.8 Å². The van der Waals surface area contributed by atoms with E-state index in [-0.39, 0.29) is 35.5 Å². The third-order valence-electron chi connectivity index (χ3n) is 6.55. The number of rotatable bonds is 6. The minimum absolute atomic E-state index is 0.0784. The first-order chi connectivity index (χ1) is 16.8. The normalized spacial score (nSPS) is 22.3. The summed E-state index contributed by atoms with van der Waals surface area (Å²) in [6.45, 7) is 3.33. The van der Waals surface area contributed by atoms with Crippen LogP contribution in [0.25, 0.3) is 0 Å². The third-order valence-corrected chi connectivity index (χ3v) is 7.33. The zero-order valence-electron chi connectivity index (χ0n) is 19.8. The molecule has 1 N–H and O–H groups in total. The number of carbonyl (C=O) groups is 2. The van der Waals surface area contributed by atoms with Crippen LogP contribution in [-0.2, 0) is 19.1 Å². The number of aromatic nitrogens is 1. The SMILES string of the molecule is CCOC(=O)C1=C(C2CCC(C(=O)OC)CC2)NC(c2nccs2)=NC1c1ccc(F)c(F)c1C. The Morgan fingerprint density at radius 2 is 1.94 bits per heavy atom. The number of hydrogen-bond donors (Lipinski definition) is 1. The maximum atomic E-state index is 14.6. The zero-order valence-corrected chi connectivity index (χ0v) is 20.6. The summed E-state index contributed by atoms with van der Waals surface area (Å²) >= 11 is 1.37. The molecule has 10 heteroatoms. The minimum Gasteiger partial charge on any atom is -0.469 e. The number of ether oxygens (including phenoxy) is 2. The van der Waals surface area contributed by atoms with E-state index in [1.54, 1.807) is 13.1 Å². The lowest BCUT2D eigenvalue weighted by Crippen LogP contribution is -2.38. The van der Waals surface area contributed by atoms with E-state index in [1.165, 1.54) is 31.4 Å². The van der Waals surface area contributed by atoms with Gasteiger partial charge in [0.1, 0.15) is 6.04 Å². The van der Waals surface area contributed by atoms with Crippen LogP contribution in [0.15, 0.2) is 40.0 Å². The molecule has 1 aliphatic carbocycles. The Balaban J connectivity index is 1.82. The van der Waals surface area contributed by atoms with E-state index in [9.17, 15) is 18.4 Å². The van der Waals surface area contributed by atoms with Gasteiger partial charge in [-0.25, -0.2) is 18.6 Å². The van der Waals surface area contributed by atoms with Crippen molar-refractivity contribution in [2.75, 3.05) is 13.7 Å². The molecule has 0 amide bonds. The van der Waals surface area contributed by atoms with Gasteiger partial charge < -0.3 is 14.8 Å².